The Balaban J connectivity index is 2.96. The molecule has 0 radical (unpaired) electrons. The van der Waals surface area contributed by atoms with Crippen LogP contribution in [0.1, 0.15) is 5.56 Å². The minimum Gasteiger partial charge on any atom is -0.411 e. The average Bonchev–Trinajstić information content (AvgIpc) is 2.30. The molecule has 0 fully saturated rings. The standard InChI is InChI=1S/C11H10BrF2NO2/c1-2-3-17-6-11(15-16)7-4-8(12)10(14)5-9(7)13/h2,4-5,16H,1,3,6H2/b15-11+. The third-order valence-corrected chi connectivity index (χ3v) is 2.52. The number of benzene rings is 1. The lowest BCUT2D eigenvalue weighted by Gasteiger charge is -2.07. The number of halogens is 3. The smallest absolute Gasteiger partial charge is 0.140 e. The van der Waals surface area contributed by atoms with Crippen molar-refractivity contribution in [2.75, 3.05) is 13.2 Å². The highest BCUT2D eigenvalue weighted by Crippen LogP contribution is 2.20. The summed E-state index contributed by atoms with van der Waals surface area (Å²) in [5.74, 6) is -1.55. The molecule has 0 aliphatic carbocycles. The molecule has 0 aliphatic rings. The average molecular weight is 306 g/mol. The first-order valence-electron chi connectivity index (χ1n) is 4.64. The quantitative estimate of drug-likeness (QED) is 0.227. The van der Waals surface area contributed by atoms with E-state index in [1.165, 1.54) is 12.1 Å². The zero-order chi connectivity index (χ0) is 12.8. The highest BCUT2D eigenvalue weighted by molar-refractivity contribution is 9.10. The van der Waals surface area contributed by atoms with Crippen LogP contribution in [-0.4, -0.2) is 24.1 Å². The molecule has 0 aromatic heterocycles. The van der Waals surface area contributed by atoms with Crippen molar-refractivity contribution in [3.05, 3.63) is 46.5 Å². The van der Waals surface area contributed by atoms with Crippen LogP contribution in [0.4, 0.5) is 8.78 Å². The van der Waals surface area contributed by atoms with E-state index in [9.17, 15) is 8.78 Å². The second-order valence-electron chi connectivity index (χ2n) is 3.10. The Morgan fingerprint density at radius 3 is 2.76 bits per heavy atom. The summed E-state index contributed by atoms with van der Waals surface area (Å²) in [5, 5.41) is 11.7. The van der Waals surface area contributed by atoms with E-state index in [4.69, 9.17) is 9.94 Å². The minimum absolute atomic E-state index is 0.0231. The fourth-order valence-electron chi connectivity index (χ4n) is 1.14. The molecule has 0 atom stereocenters. The lowest BCUT2D eigenvalue weighted by Crippen LogP contribution is -2.13. The van der Waals surface area contributed by atoms with E-state index in [1.54, 1.807) is 0 Å². The van der Waals surface area contributed by atoms with Crippen molar-refractivity contribution in [3.8, 4) is 0 Å². The van der Waals surface area contributed by atoms with Gasteiger partial charge in [0.15, 0.2) is 0 Å². The van der Waals surface area contributed by atoms with Gasteiger partial charge in [-0.1, -0.05) is 11.2 Å². The molecular formula is C11H10BrF2NO2. The van der Waals surface area contributed by atoms with Crippen molar-refractivity contribution >= 4 is 21.6 Å². The fraction of sp³-hybridized carbons (Fsp3) is 0.182. The molecule has 1 rings (SSSR count). The summed E-state index contributed by atoms with van der Waals surface area (Å²) in [6, 6.07) is 1.90. The summed E-state index contributed by atoms with van der Waals surface area (Å²) in [6.07, 6.45) is 1.51. The van der Waals surface area contributed by atoms with Crippen LogP contribution in [0.25, 0.3) is 0 Å². The number of rotatable bonds is 5. The first-order chi connectivity index (χ1) is 8.10. The molecule has 0 unspecified atom stereocenters. The number of oxime groups is 1. The molecule has 0 aliphatic heterocycles. The molecule has 0 spiro atoms. The van der Waals surface area contributed by atoms with Crippen LogP contribution >= 0.6 is 15.9 Å². The topological polar surface area (TPSA) is 41.8 Å². The maximum Gasteiger partial charge on any atom is 0.140 e. The van der Waals surface area contributed by atoms with Crippen molar-refractivity contribution in [1.29, 1.82) is 0 Å². The fourth-order valence-corrected chi connectivity index (χ4v) is 1.49. The predicted octanol–water partition coefficient (Wildman–Crippen LogP) is 3.11. The van der Waals surface area contributed by atoms with Crippen molar-refractivity contribution < 1.29 is 18.7 Å². The maximum atomic E-state index is 13.4. The van der Waals surface area contributed by atoms with Gasteiger partial charge in [-0.3, -0.25) is 0 Å². The van der Waals surface area contributed by atoms with Crippen LogP contribution in [0.15, 0.2) is 34.4 Å². The summed E-state index contributed by atoms with van der Waals surface area (Å²) < 4.78 is 31.6. The molecule has 0 bridgehead atoms. The van der Waals surface area contributed by atoms with E-state index in [0.29, 0.717) is 6.07 Å². The SMILES string of the molecule is C=CCOC/C(=N\O)c1cc(Br)c(F)cc1F. The van der Waals surface area contributed by atoms with Gasteiger partial charge in [-0.15, -0.1) is 6.58 Å². The highest BCUT2D eigenvalue weighted by atomic mass is 79.9. The van der Waals surface area contributed by atoms with Crippen LogP contribution in [0, 0.1) is 11.6 Å². The Kier molecular flexibility index (Phi) is 5.24. The Bertz CT molecular complexity index is 449. The van der Waals surface area contributed by atoms with Gasteiger partial charge in [0.2, 0.25) is 0 Å². The van der Waals surface area contributed by atoms with Crippen molar-refractivity contribution in [2.24, 2.45) is 5.16 Å². The third-order valence-electron chi connectivity index (χ3n) is 1.92. The summed E-state index contributed by atoms with van der Waals surface area (Å²) >= 11 is 2.92. The van der Waals surface area contributed by atoms with Gasteiger partial charge >= 0.3 is 0 Å². The van der Waals surface area contributed by atoms with Crippen LogP contribution in [0.2, 0.25) is 0 Å². The minimum atomic E-state index is -0.819. The van der Waals surface area contributed by atoms with E-state index < -0.39 is 11.6 Å². The second kappa shape index (κ2) is 6.46. The normalized spacial score (nSPS) is 11.6. The van der Waals surface area contributed by atoms with Gasteiger partial charge in [0.05, 0.1) is 17.7 Å². The van der Waals surface area contributed by atoms with Gasteiger partial charge in [-0.05, 0) is 22.0 Å². The van der Waals surface area contributed by atoms with Gasteiger partial charge in [-0.25, -0.2) is 8.78 Å². The van der Waals surface area contributed by atoms with Gasteiger partial charge in [0.1, 0.15) is 17.3 Å². The van der Waals surface area contributed by atoms with E-state index in [0.717, 1.165) is 0 Å². The number of ether oxygens (including phenoxy) is 1. The number of nitrogens with zero attached hydrogens (tertiary/aromatic N) is 1. The van der Waals surface area contributed by atoms with Crippen molar-refractivity contribution in [3.63, 3.8) is 0 Å². The Morgan fingerprint density at radius 1 is 1.47 bits per heavy atom. The lowest BCUT2D eigenvalue weighted by atomic mass is 10.1. The van der Waals surface area contributed by atoms with E-state index in [-0.39, 0.29) is 29.0 Å². The maximum absolute atomic E-state index is 13.4. The van der Waals surface area contributed by atoms with Gasteiger partial charge in [0.25, 0.3) is 0 Å². The summed E-state index contributed by atoms with van der Waals surface area (Å²) in [5.41, 5.74) is -0.0464. The number of hydrogen-bond acceptors (Lipinski definition) is 3. The first-order valence-corrected chi connectivity index (χ1v) is 5.44. The van der Waals surface area contributed by atoms with Crippen LogP contribution < -0.4 is 0 Å². The Hall–Kier alpha value is -1.27. The molecule has 0 saturated heterocycles. The molecule has 1 N–H and O–H groups in total. The molecular weight excluding hydrogens is 296 g/mol. The van der Waals surface area contributed by atoms with Crippen molar-refractivity contribution in [2.45, 2.75) is 0 Å². The molecule has 3 nitrogen and oxygen atoms in total. The Labute approximate surface area is 106 Å². The second-order valence-corrected chi connectivity index (χ2v) is 3.95. The van der Waals surface area contributed by atoms with E-state index >= 15 is 0 Å². The monoisotopic (exact) mass is 305 g/mol. The molecule has 92 valence electrons. The van der Waals surface area contributed by atoms with Gasteiger partial charge in [-0.2, -0.15) is 0 Å². The Morgan fingerprint density at radius 2 is 2.18 bits per heavy atom. The molecule has 1 aromatic rings. The van der Waals surface area contributed by atoms with Gasteiger partial charge < -0.3 is 9.94 Å². The first kappa shape index (κ1) is 13.8. The summed E-state index contributed by atoms with van der Waals surface area (Å²) in [4.78, 5) is 0. The number of hydrogen-bond donors (Lipinski definition) is 1. The molecule has 6 heteroatoms. The van der Waals surface area contributed by atoms with E-state index in [1.807, 2.05) is 0 Å². The molecule has 0 saturated carbocycles. The summed E-state index contributed by atoms with van der Waals surface area (Å²) in [6.45, 7) is 3.58. The van der Waals surface area contributed by atoms with Crippen molar-refractivity contribution in [1.82, 2.24) is 0 Å². The molecule has 1 aromatic carbocycles. The largest absolute Gasteiger partial charge is 0.411 e. The van der Waals surface area contributed by atoms with Gasteiger partial charge in [0, 0.05) is 11.6 Å². The van der Waals surface area contributed by atoms with E-state index in [2.05, 4.69) is 27.7 Å². The zero-order valence-electron chi connectivity index (χ0n) is 8.79. The molecule has 0 heterocycles. The van der Waals surface area contributed by atoms with Crippen LogP contribution in [-0.2, 0) is 4.74 Å². The lowest BCUT2D eigenvalue weighted by molar-refractivity contribution is 0.200. The highest BCUT2D eigenvalue weighted by Gasteiger charge is 2.14. The van der Waals surface area contributed by atoms with Crippen LogP contribution in [0.5, 0.6) is 0 Å². The predicted molar refractivity (Wildman–Crippen MR) is 63.4 cm³/mol. The summed E-state index contributed by atoms with van der Waals surface area (Å²) in [7, 11) is 0. The molecule has 0 amide bonds. The zero-order valence-corrected chi connectivity index (χ0v) is 10.4. The van der Waals surface area contributed by atoms with Crippen LogP contribution in [0.3, 0.4) is 0 Å². The molecule has 17 heavy (non-hydrogen) atoms. The third kappa shape index (κ3) is 3.61.